The second kappa shape index (κ2) is 7.58. The van der Waals surface area contributed by atoms with Crippen molar-refractivity contribution < 1.29 is 24.2 Å². The molecule has 0 radical (unpaired) electrons. The van der Waals surface area contributed by atoms with Crippen molar-refractivity contribution in [2.75, 3.05) is 12.3 Å². The predicted octanol–water partition coefficient (Wildman–Crippen LogP) is 4.36. The molecule has 31 heavy (non-hydrogen) atoms. The largest absolute Gasteiger partial charge is 0.393 e. The van der Waals surface area contributed by atoms with Crippen molar-refractivity contribution in [3.63, 3.8) is 0 Å². The van der Waals surface area contributed by atoms with E-state index < -0.39 is 30.8 Å². The number of fused-ring (bicyclic) bond motifs is 3. The molecule has 6 unspecified atom stereocenters. The molecule has 3 fully saturated rings. The minimum Gasteiger partial charge on any atom is -0.393 e. The maximum absolute atomic E-state index is 13.4. The quantitative estimate of drug-likeness (QED) is 0.633. The van der Waals surface area contributed by atoms with Gasteiger partial charge in [0.2, 0.25) is 0 Å². The highest BCUT2D eigenvalue weighted by atomic mass is 31.1. The van der Waals surface area contributed by atoms with Crippen molar-refractivity contribution in [3.05, 3.63) is 23.8 Å². The lowest BCUT2D eigenvalue weighted by Gasteiger charge is -2.51. The van der Waals surface area contributed by atoms with E-state index in [2.05, 4.69) is 20.8 Å². The second-order valence-electron chi connectivity index (χ2n) is 11.0. The summed E-state index contributed by atoms with van der Waals surface area (Å²) in [4.78, 5) is 25.3. The van der Waals surface area contributed by atoms with Gasteiger partial charge in [0.15, 0.2) is 23.0 Å². The lowest BCUT2D eigenvalue weighted by Crippen LogP contribution is -2.59. The molecule has 2 saturated heterocycles. The fourth-order valence-electron chi connectivity index (χ4n) is 6.63. The summed E-state index contributed by atoms with van der Waals surface area (Å²) in [7, 11) is -0.537. The fraction of sp³-hybridized carbons (Fsp3) is 0.760. The number of hydrogen-bond acceptors (Lipinski definition) is 5. The molecule has 172 valence electrons. The van der Waals surface area contributed by atoms with Gasteiger partial charge >= 0.3 is 0 Å². The topological polar surface area (TPSA) is 72.8 Å². The van der Waals surface area contributed by atoms with Crippen LogP contribution in [0.1, 0.15) is 67.2 Å². The van der Waals surface area contributed by atoms with Gasteiger partial charge in [-0.25, -0.2) is 0 Å². The molecule has 5 nitrogen and oxygen atoms in total. The van der Waals surface area contributed by atoms with Crippen LogP contribution in [0.5, 0.6) is 0 Å². The maximum atomic E-state index is 13.4. The van der Waals surface area contributed by atoms with Gasteiger partial charge in [0.25, 0.3) is 0 Å². The number of carbonyl (C=O) groups excluding carboxylic acids is 2. The maximum Gasteiger partial charge on any atom is 0.178 e. The third-order valence-electron chi connectivity index (χ3n) is 8.07. The third kappa shape index (κ3) is 3.60. The van der Waals surface area contributed by atoms with Crippen LogP contribution in [0, 0.1) is 10.8 Å². The van der Waals surface area contributed by atoms with Crippen LogP contribution in [0.2, 0.25) is 0 Å². The molecule has 4 aliphatic rings. The Morgan fingerprint density at radius 3 is 2.65 bits per heavy atom. The first-order valence-electron chi connectivity index (χ1n) is 11.6. The Morgan fingerprint density at radius 1 is 1.26 bits per heavy atom. The van der Waals surface area contributed by atoms with E-state index >= 15 is 0 Å². The molecule has 1 saturated carbocycles. The van der Waals surface area contributed by atoms with Crippen LogP contribution >= 0.6 is 7.92 Å². The smallest absolute Gasteiger partial charge is 0.178 e. The first-order chi connectivity index (χ1) is 14.3. The first-order valence-corrected chi connectivity index (χ1v) is 13.4. The first kappa shape index (κ1) is 23.3. The van der Waals surface area contributed by atoms with Crippen LogP contribution in [0.25, 0.3) is 0 Å². The van der Waals surface area contributed by atoms with Crippen molar-refractivity contribution in [2.24, 2.45) is 10.8 Å². The summed E-state index contributed by atoms with van der Waals surface area (Å²) >= 11 is 0. The number of aliphatic hydroxyl groups is 1. The number of aliphatic hydroxyl groups excluding tert-OH is 1. The summed E-state index contributed by atoms with van der Waals surface area (Å²) in [5, 5.41) is 10.9. The van der Waals surface area contributed by atoms with Gasteiger partial charge in [-0.1, -0.05) is 47.3 Å². The van der Waals surface area contributed by atoms with Crippen molar-refractivity contribution >= 4 is 19.5 Å². The standard InChI is InChI=1S/C25H37O5P/c1-7-19(28)25-20(29-23(4,5)30-25)13-21-24(25,6)14-18(27)15-31(21)11-9-16-12-17(26)8-10-22(16,2)3/h8,10,12,18,20-21,27H,7,9,11,13-15H2,1-6H3. The summed E-state index contributed by atoms with van der Waals surface area (Å²) in [6, 6.07) is 0. The van der Waals surface area contributed by atoms with E-state index in [0.29, 0.717) is 18.5 Å². The number of Topliss-reactive ketones (excluding diaryl/α,β-unsaturated/α-hetero) is 1. The molecular weight excluding hydrogens is 411 g/mol. The third-order valence-corrected chi connectivity index (χ3v) is 11.4. The number of carbonyl (C=O) groups is 2. The van der Waals surface area contributed by atoms with Crippen molar-refractivity contribution in [2.45, 2.75) is 96.5 Å². The highest BCUT2D eigenvalue weighted by Gasteiger charge is 2.74. The lowest BCUT2D eigenvalue weighted by molar-refractivity contribution is -0.198. The van der Waals surface area contributed by atoms with Crippen LogP contribution in [-0.4, -0.2) is 58.3 Å². The van der Waals surface area contributed by atoms with E-state index in [1.54, 1.807) is 12.2 Å². The van der Waals surface area contributed by atoms with Crippen LogP contribution in [0.4, 0.5) is 0 Å². The zero-order chi connectivity index (χ0) is 22.8. The average molecular weight is 449 g/mol. The van der Waals surface area contributed by atoms with Crippen LogP contribution in [-0.2, 0) is 19.1 Å². The second-order valence-corrected chi connectivity index (χ2v) is 13.6. The molecule has 0 spiro atoms. The molecule has 6 heteroatoms. The Balaban J connectivity index is 1.63. The summed E-state index contributed by atoms with van der Waals surface area (Å²) in [5.74, 6) is -0.635. The van der Waals surface area contributed by atoms with E-state index in [4.69, 9.17) is 9.47 Å². The Kier molecular flexibility index (Phi) is 5.70. The SMILES string of the molecule is CCC(=O)C12OC(C)(C)OC1CC1P(CCC3=CC(=O)C=CC3(C)C)CC(O)CC12C. The molecule has 2 aliphatic heterocycles. The molecular formula is C25H37O5P. The lowest BCUT2D eigenvalue weighted by atomic mass is 9.68. The number of ether oxygens (including phenoxy) is 2. The van der Waals surface area contributed by atoms with Gasteiger partial charge in [-0.05, 0) is 63.2 Å². The number of allylic oxidation sites excluding steroid dienone is 4. The fourth-order valence-corrected chi connectivity index (χ4v) is 10.2. The van der Waals surface area contributed by atoms with Gasteiger partial charge in [0.05, 0.1) is 12.2 Å². The zero-order valence-electron chi connectivity index (χ0n) is 19.7. The Morgan fingerprint density at radius 2 is 1.97 bits per heavy atom. The average Bonchev–Trinajstić information content (AvgIpc) is 3.07. The molecule has 6 atom stereocenters. The van der Waals surface area contributed by atoms with E-state index in [1.807, 2.05) is 26.8 Å². The van der Waals surface area contributed by atoms with Crippen LogP contribution < -0.4 is 0 Å². The van der Waals surface area contributed by atoms with Crippen molar-refractivity contribution in [3.8, 4) is 0 Å². The molecule has 0 aromatic heterocycles. The van der Waals surface area contributed by atoms with Gasteiger partial charge in [-0.3, -0.25) is 9.59 Å². The Hall–Kier alpha value is -0.870. The van der Waals surface area contributed by atoms with Crippen LogP contribution in [0.3, 0.4) is 0 Å². The van der Waals surface area contributed by atoms with Gasteiger partial charge in [0.1, 0.15) is 0 Å². The van der Waals surface area contributed by atoms with E-state index in [-0.39, 0.29) is 23.1 Å². The normalized spacial score (nSPS) is 42.8. The number of hydrogen-bond donors (Lipinski definition) is 1. The molecule has 0 bridgehead atoms. The number of ketones is 2. The van der Waals surface area contributed by atoms with E-state index in [1.165, 1.54) is 0 Å². The predicted molar refractivity (Wildman–Crippen MR) is 122 cm³/mol. The van der Waals surface area contributed by atoms with E-state index in [0.717, 1.165) is 30.7 Å². The van der Waals surface area contributed by atoms with Crippen molar-refractivity contribution in [1.82, 2.24) is 0 Å². The molecule has 0 aromatic rings. The zero-order valence-corrected chi connectivity index (χ0v) is 20.6. The Labute approximate surface area is 187 Å². The van der Waals surface area contributed by atoms with E-state index in [9.17, 15) is 14.7 Å². The van der Waals surface area contributed by atoms with Crippen molar-refractivity contribution in [1.29, 1.82) is 0 Å². The number of rotatable bonds is 5. The Bertz CT molecular complexity index is 843. The molecule has 2 aliphatic carbocycles. The molecule has 0 aromatic carbocycles. The molecule has 2 heterocycles. The summed E-state index contributed by atoms with van der Waals surface area (Å²) < 4.78 is 12.8. The summed E-state index contributed by atoms with van der Waals surface area (Å²) in [5.41, 5.74) is -0.0619. The van der Waals surface area contributed by atoms with Crippen LogP contribution in [0.15, 0.2) is 23.8 Å². The molecule has 4 rings (SSSR count). The van der Waals surface area contributed by atoms with Gasteiger partial charge in [-0.2, -0.15) is 0 Å². The molecule has 0 amide bonds. The van der Waals surface area contributed by atoms with Gasteiger partial charge in [0, 0.05) is 17.3 Å². The van der Waals surface area contributed by atoms with Gasteiger partial charge in [-0.15, -0.1) is 0 Å². The summed E-state index contributed by atoms with van der Waals surface area (Å²) in [6.07, 6.45) is 9.14. The minimum absolute atomic E-state index is 0.0579. The minimum atomic E-state index is -0.972. The highest BCUT2D eigenvalue weighted by Crippen LogP contribution is 2.70. The molecule has 1 N–H and O–H groups in total. The highest BCUT2D eigenvalue weighted by molar-refractivity contribution is 7.58. The monoisotopic (exact) mass is 448 g/mol. The summed E-state index contributed by atoms with van der Waals surface area (Å²) in [6.45, 7) is 12.1. The van der Waals surface area contributed by atoms with Gasteiger partial charge < -0.3 is 14.6 Å².